The summed E-state index contributed by atoms with van der Waals surface area (Å²) in [6, 6.07) is 18.2. The van der Waals surface area contributed by atoms with Gasteiger partial charge in [0.15, 0.2) is 0 Å². The molecule has 0 fully saturated rings. The summed E-state index contributed by atoms with van der Waals surface area (Å²) in [5, 5.41) is 13.0. The molecule has 0 bridgehead atoms. The van der Waals surface area contributed by atoms with Gasteiger partial charge in [-0.2, -0.15) is 0 Å². The molecule has 0 saturated heterocycles. The maximum absolute atomic E-state index is 9.49. The van der Waals surface area contributed by atoms with E-state index in [0.29, 0.717) is 5.75 Å². The lowest BCUT2D eigenvalue weighted by Gasteiger charge is -2.20. The van der Waals surface area contributed by atoms with Crippen LogP contribution in [0.25, 0.3) is 0 Å². The quantitative estimate of drug-likeness (QED) is 0.853. The second-order valence-electron chi connectivity index (χ2n) is 4.62. The summed E-state index contributed by atoms with van der Waals surface area (Å²) in [7, 11) is 0. The summed E-state index contributed by atoms with van der Waals surface area (Å²) in [4.78, 5) is 0. The van der Waals surface area contributed by atoms with E-state index < -0.39 is 0 Å². The van der Waals surface area contributed by atoms with Gasteiger partial charge in [-0.25, -0.2) is 0 Å². The first kappa shape index (κ1) is 12.7. The van der Waals surface area contributed by atoms with Crippen LogP contribution in [0, 0.1) is 0 Å². The van der Waals surface area contributed by atoms with Gasteiger partial charge in [0.2, 0.25) is 0 Å². The number of benzene rings is 2. The molecule has 2 aromatic rings. The number of rotatable bonds is 4. The molecule has 0 aliphatic rings. The lowest BCUT2D eigenvalue weighted by Crippen LogP contribution is -2.22. The van der Waals surface area contributed by atoms with Gasteiger partial charge >= 0.3 is 0 Å². The Balaban J connectivity index is 2.05. The van der Waals surface area contributed by atoms with Crippen molar-refractivity contribution in [2.75, 3.05) is 0 Å². The van der Waals surface area contributed by atoms with Crippen LogP contribution in [-0.2, 0) is 0 Å². The number of hydrogen-bond donors (Lipinski definition) is 2. The molecule has 2 N–H and O–H groups in total. The van der Waals surface area contributed by atoms with Gasteiger partial charge in [0.05, 0.1) is 0 Å². The monoisotopic (exact) mass is 241 g/mol. The molecule has 0 unspecified atom stereocenters. The number of aromatic hydroxyl groups is 1. The number of phenolic OH excluding ortho intramolecular Hbond substituents is 1. The highest BCUT2D eigenvalue weighted by atomic mass is 16.3. The van der Waals surface area contributed by atoms with Crippen molar-refractivity contribution in [3.05, 3.63) is 65.7 Å². The van der Waals surface area contributed by atoms with Crippen LogP contribution < -0.4 is 5.32 Å². The van der Waals surface area contributed by atoms with E-state index in [2.05, 4.69) is 31.3 Å². The van der Waals surface area contributed by atoms with Gasteiger partial charge in [-0.1, -0.05) is 42.5 Å². The fraction of sp³-hybridized carbons (Fsp3) is 0.250. The fourth-order valence-electron chi connectivity index (χ4n) is 2.10. The number of hydrogen-bond acceptors (Lipinski definition) is 2. The van der Waals surface area contributed by atoms with Gasteiger partial charge in [0.25, 0.3) is 0 Å². The van der Waals surface area contributed by atoms with Crippen LogP contribution in [-0.4, -0.2) is 5.11 Å². The summed E-state index contributed by atoms with van der Waals surface area (Å²) in [5.74, 6) is 0.313. The van der Waals surface area contributed by atoms with E-state index >= 15 is 0 Å². The number of phenols is 1. The molecule has 0 amide bonds. The van der Waals surface area contributed by atoms with Crippen LogP contribution in [0.5, 0.6) is 5.75 Å². The summed E-state index contributed by atoms with van der Waals surface area (Å²) in [6.07, 6.45) is 0. The van der Waals surface area contributed by atoms with E-state index in [0.717, 1.165) is 5.56 Å². The molecule has 0 spiro atoms. The summed E-state index contributed by atoms with van der Waals surface area (Å²) < 4.78 is 0. The van der Waals surface area contributed by atoms with Gasteiger partial charge in [0.1, 0.15) is 5.75 Å². The van der Waals surface area contributed by atoms with Crippen molar-refractivity contribution in [1.29, 1.82) is 0 Å². The largest absolute Gasteiger partial charge is 0.508 e. The molecule has 94 valence electrons. The van der Waals surface area contributed by atoms with Crippen LogP contribution in [0.1, 0.15) is 37.1 Å². The van der Waals surface area contributed by atoms with Gasteiger partial charge in [-0.05, 0) is 37.1 Å². The molecule has 2 atom stereocenters. The maximum atomic E-state index is 9.49. The standard InChI is InChI=1S/C16H19NO/c1-12(14-7-4-3-5-8-14)17-13(2)15-9-6-10-16(18)11-15/h3-13,17-18H,1-2H3/t12-,13-/m1/s1. The summed E-state index contributed by atoms with van der Waals surface area (Å²) in [6.45, 7) is 4.25. The van der Waals surface area contributed by atoms with Crippen LogP contribution in [0.15, 0.2) is 54.6 Å². The highest BCUT2D eigenvalue weighted by Gasteiger charge is 2.10. The van der Waals surface area contributed by atoms with Crippen molar-refractivity contribution in [3.63, 3.8) is 0 Å². The fourth-order valence-corrected chi connectivity index (χ4v) is 2.10. The van der Waals surface area contributed by atoms with Crippen molar-refractivity contribution in [1.82, 2.24) is 5.32 Å². The molecular formula is C16H19NO. The normalized spacial score (nSPS) is 14.1. The van der Waals surface area contributed by atoms with Crippen molar-refractivity contribution in [2.45, 2.75) is 25.9 Å². The number of nitrogens with one attached hydrogen (secondary N) is 1. The molecule has 2 aromatic carbocycles. The molecule has 0 aliphatic heterocycles. The average Bonchev–Trinajstić information content (AvgIpc) is 2.39. The van der Waals surface area contributed by atoms with Gasteiger partial charge in [-0.15, -0.1) is 0 Å². The molecule has 0 heterocycles. The van der Waals surface area contributed by atoms with E-state index in [-0.39, 0.29) is 12.1 Å². The van der Waals surface area contributed by atoms with Crippen LogP contribution >= 0.6 is 0 Å². The highest BCUT2D eigenvalue weighted by Crippen LogP contribution is 2.21. The van der Waals surface area contributed by atoms with E-state index in [1.807, 2.05) is 30.3 Å². The van der Waals surface area contributed by atoms with Gasteiger partial charge in [0, 0.05) is 12.1 Å². The highest BCUT2D eigenvalue weighted by molar-refractivity contribution is 5.29. The molecule has 0 aliphatic carbocycles. The summed E-state index contributed by atoms with van der Waals surface area (Å²) in [5.41, 5.74) is 2.36. The lowest BCUT2D eigenvalue weighted by molar-refractivity contribution is 0.466. The predicted octanol–water partition coefficient (Wildman–Crippen LogP) is 3.80. The topological polar surface area (TPSA) is 32.3 Å². The van der Waals surface area contributed by atoms with Crippen molar-refractivity contribution in [2.24, 2.45) is 0 Å². The third-order valence-corrected chi connectivity index (χ3v) is 3.17. The van der Waals surface area contributed by atoms with Crippen LogP contribution in [0.4, 0.5) is 0 Å². The molecule has 18 heavy (non-hydrogen) atoms. The minimum absolute atomic E-state index is 0.201. The van der Waals surface area contributed by atoms with E-state index in [4.69, 9.17) is 0 Å². The first-order valence-electron chi connectivity index (χ1n) is 6.27. The zero-order valence-corrected chi connectivity index (χ0v) is 10.8. The molecule has 0 radical (unpaired) electrons. The Hall–Kier alpha value is -1.80. The van der Waals surface area contributed by atoms with E-state index in [9.17, 15) is 5.11 Å². The zero-order chi connectivity index (χ0) is 13.0. The Bertz CT molecular complexity index is 495. The smallest absolute Gasteiger partial charge is 0.115 e. The molecule has 2 heteroatoms. The second-order valence-corrected chi connectivity index (χ2v) is 4.62. The lowest BCUT2D eigenvalue weighted by atomic mass is 10.0. The maximum Gasteiger partial charge on any atom is 0.115 e. The summed E-state index contributed by atoms with van der Waals surface area (Å²) >= 11 is 0. The Morgan fingerprint density at radius 2 is 1.44 bits per heavy atom. The molecule has 2 rings (SSSR count). The average molecular weight is 241 g/mol. The first-order chi connectivity index (χ1) is 8.66. The first-order valence-corrected chi connectivity index (χ1v) is 6.27. The Morgan fingerprint density at radius 3 is 2.11 bits per heavy atom. The third kappa shape index (κ3) is 3.11. The Labute approximate surface area is 108 Å². The van der Waals surface area contributed by atoms with E-state index in [1.54, 1.807) is 12.1 Å². The van der Waals surface area contributed by atoms with Crippen LogP contribution in [0.3, 0.4) is 0 Å². The predicted molar refractivity (Wildman–Crippen MR) is 74.5 cm³/mol. The minimum Gasteiger partial charge on any atom is -0.508 e. The Morgan fingerprint density at radius 1 is 0.833 bits per heavy atom. The third-order valence-electron chi connectivity index (χ3n) is 3.17. The van der Waals surface area contributed by atoms with Crippen molar-refractivity contribution >= 4 is 0 Å². The molecule has 0 saturated carbocycles. The molecule has 0 aromatic heterocycles. The SMILES string of the molecule is C[C@@H](N[C@H](C)c1cccc(O)c1)c1ccccc1. The van der Waals surface area contributed by atoms with Gasteiger partial charge in [-0.3, -0.25) is 0 Å². The Kier molecular flexibility index (Phi) is 4.00. The minimum atomic E-state index is 0.201. The zero-order valence-electron chi connectivity index (χ0n) is 10.8. The molecule has 2 nitrogen and oxygen atoms in total. The second kappa shape index (κ2) is 5.69. The van der Waals surface area contributed by atoms with Crippen molar-refractivity contribution in [3.8, 4) is 5.75 Å². The molecular weight excluding hydrogens is 222 g/mol. The van der Waals surface area contributed by atoms with Gasteiger partial charge < -0.3 is 10.4 Å². The van der Waals surface area contributed by atoms with E-state index in [1.165, 1.54) is 5.56 Å². The van der Waals surface area contributed by atoms with Crippen molar-refractivity contribution < 1.29 is 5.11 Å². The van der Waals surface area contributed by atoms with Crippen LogP contribution in [0.2, 0.25) is 0 Å².